The predicted octanol–water partition coefficient (Wildman–Crippen LogP) is 3.89. The molecule has 0 spiro atoms. The van der Waals surface area contributed by atoms with Crippen molar-refractivity contribution in [2.45, 2.75) is 38.1 Å². The van der Waals surface area contributed by atoms with Crippen molar-refractivity contribution < 1.29 is 14.1 Å². The number of thioether (sulfide) groups is 1. The highest BCUT2D eigenvalue weighted by Gasteiger charge is 2.12. The third-order valence-electron chi connectivity index (χ3n) is 5.64. The molecule has 2 N–H and O–H groups in total. The third-order valence-corrected chi connectivity index (χ3v) is 6.62. The molecule has 0 bridgehead atoms. The van der Waals surface area contributed by atoms with Gasteiger partial charge in [-0.1, -0.05) is 12.1 Å². The molecule has 0 saturated carbocycles. The monoisotopic (exact) mass is 517 g/mol. The maximum absolute atomic E-state index is 11.0. The number of hydrogen-bond acceptors (Lipinski definition) is 9. The Hall–Kier alpha value is -2.69. The Labute approximate surface area is 218 Å². The number of nitro groups is 1. The second kappa shape index (κ2) is 15.4. The lowest BCUT2D eigenvalue weighted by molar-refractivity contribution is -0.404. The van der Waals surface area contributed by atoms with Crippen LogP contribution in [0.2, 0.25) is 0 Å². The zero-order chi connectivity index (χ0) is 25.6. The highest BCUT2D eigenvalue weighted by atomic mass is 32.2. The van der Waals surface area contributed by atoms with Gasteiger partial charge in [0.05, 0.1) is 23.8 Å². The largest absolute Gasteiger partial charge is 0.494 e. The molecule has 3 rings (SSSR count). The highest BCUT2D eigenvalue weighted by molar-refractivity contribution is 7.98. The molecule has 0 amide bonds. The zero-order valence-corrected chi connectivity index (χ0v) is 22.2. The van der Waals surface area contributed by atoms with Crippen LogP contribution in [0.15, 0.2) is 52.8 Å². The van der Waals surface area contributed by atoms with Crippen LogP contribution in [0.4, 0.5) is 0 Å². The molecule has 0 atom stereocenters. The topological polar surface area (TPSA) is 96.0 Å². The van der Waals surface area contributed by atoms with E-state index in [0.717, 1.165) is 54.5 Å². The van der Waals surface area contributed by atoms with E-state index in [2.05, 4.69) is 32.6 Å². The molecule has 0 unspecified atom stereocenters. The van der Waals surface area contributed by atoms with E-state index in [1.807, 2.05) is 38.4 Å². The van der Waals surface area contributed by atoms with E-state index in [4.69, 9.17) is 9.15 Å². The van der Waals surface area contributed by atoms with Gasteiger partial charge in [-0.15, -0.1) is 0 Å². The fourth-order valence-corrected chi connectivity index (χ4v) is 4.75. The predicted molar refractivity (Wildman–Crippen MR) is 144 cm³/mol. The summed E-state index contributed by atoms with van der Waals surface area (Å²) >= 11 is 1.72. The molecule has 1 fully saturated rings. The van der Waals surface area contributed by atoms with Gasteiger partial charge in [0.2, 0.25) is 0 Å². The number of benzene rings is 1. The average molecular weight is 518 g/mol. The Balaban J connectivity index is 1.30. The Kier molecular flexibility index (Phi) is 12.0. The van der Waals surface area contributed by atoms with Crippen LogP contribution in [0.5, 0.6) is 5.75 Å². The molecule has 198 valence electrons. The van der Waals surface area contributed by atoms with Gasteiger partial charge in [0.25, 0.3) is 6.20 Å². The van der Waals surface area contributed by atoms with Gasteiger partial charge in [0.15, 0.2) is 5.82 Å². The molecule has 36 heavy (non-hydrogen) atoms. The molecular formula is C26H39N5O4S. The summed E-state index contributed by atoms with van der Waals surface area (Å²) in [6, 6.07) is 12.3. The first-order valence-corrected chi connectivity index (χ1v) is 13.7. The van der Waals surface area contributed by atoms with Crippen molar-refractivity contribution >= 4 is 11.8 Å². The number of rotatable bonds is 17. The van der Waals surface area contributed by atoms with Gasteiger partial charge in [-0.05, 0) is 76.3 Å². The number of likely N-dealkylation sites (tertiary alicyclic amines) is 1. The molecule has 1 aromatic heterocycles. The zero-order valence-electron chi connectivity index (χ0n) is 21.4. The molecule has 1 aromatic carbocycles. The van der Waals surface area contributed by atoms with Gasteiger partial charge in [-0.25, -0.2) is 0 Å². The van der Waals surface area contributed by atoms with Crippen molar-refractivity contribution in [1.29, 1.82) is 0 Å². The molecule has 9 nitrogen and oxygen atoms in total. The summed E-state index contributed by atoms with van der Waals surface area (Å²) in [6.07, 6.45) is 4.28. The summed E-state index contributed by atoms with van der Waals surface area (Å²) in [4.78, 5) is 15.1. The van der Waals surface area contributed by atoms with Crippen molar-refractivity contribution in [1.82, 2.24) is 20.4 Å². The molecule has 10 heteroatoms. The van der Waals surface area contributed by atoms with E-state index in [1.165, 1.54) is 31.5 Å². The first-order chi connectivity index (χ1) is 17.5. The van der Waals surface area contributed by atoms with E-state index in [9.17, 15) is 10.1 Å². The van der Waals surface area contributed by atoms with Crippen molar-refractivity contribution in [2.24, 2.45) is 0 Å². The first-order valence-electron chi connectivity index (χ1n) is 12.5. The van der Waals surface area contributed by atoms with Gasteiger partial charge in [-0.3, -0.25) is 15.0 Å². The van der Waals surface area contributed by atoms with Crippen LogP contribution >= 0.6 is 11.8 Å². The van der Waals surface area contributed by atoms with Crippen molar-refractivity contribution in [3.63, 3.8) is 0 Å². The maximum Gasteiger partial charge on any atom is 0.274 e. The van der Waals surface area contributed by atoms with Crippen molar-refractivity contribution in [3.8, 4) is 5.75 Å². The first kappa shape index (κ1) is 27.9. The van der Waals surface area contributed by atoms with E-state index in [0.29, 0.717) is 25.5 Å². The standard InChI is InChI=1S/C26H39N5O4S/c1-29(2)19-24-9-10-25(35-24)21-36-16-12-28-26(20-31(32)33)27-11-6-15-34-23-8-5-7-22(17-23)18-30-13-3-4-14-30/h5,7-10,17,20,27-28H,3-4,6,11-16,18-19,21H2,1-2H3. The molecule has 1 aliphatic rings. The molecule has 0 aliphatic carbocycles. The fourth-order valence-electron chi connectivity index (χ4n) is 4.00. The smallest absolute Gasteiger partial charge is 0.274 e. The maximum atomic E-state index is 11.0. The summed E-state index contributed by atoms with van der Waals surface area (Å²) in [5.74, 6) is 4.75. The number of hydrogen-bond donors (Lipinski definition) is 2. The van der Waals surface area contributed by atoms with Crippen molar-refractivity contribution in [2.75, 3.05) is 52.6 Å². The molecule has 0 radical (unpaired) electrons. The van der Waals surface area contributed by atoms with E-state index in [-0.39, 0.29) is 0 Å². The number of nitrogens with one attached hydrogen (secondary N) is 2. The third kappa shape index (κ3) is 10.9. The van der Waals surface area contributed by atoms with Gasteiger partial charge < -0.3 is 24.7 Å². The summed E-state index contributed by atoms with van der Waals surface area (Å²) in [5, 5.41) is 17.2. The minimum atomic E-state index is -0.444. The van der Waals surface area contributed by atoms with Gasteiger partial charge in [0, 0.05) is 25.4 Å². The summed E-state index contributed by atoms with van der Waals surface area (Å²) in [5.41, 5.74) is 1.27. The molecular weight excluding hydrogens is 478 g/mol. The Morgan fingerprint density at radius 3 is 2.75 bits per heavy atom. The second-order valence-electron chi connectivity index (χ2n) is 9.17. The summed E-state index contributed by atoms with van der Waals surface area (Å²) < 4.78 is 11.7. The highest BCUT2D eigenvalue weighted by Crippen LogP contribution is 2.18. The van der Waals surface area contributed by atoms with E-state index < -0.39 is 4.92 Å². The quantitative estimate of drug-likeness (QED) is 0.184. The lowest BCUT2D eigenvalue weighted by atomic mass is 10.2. The van der Waals surface area contributed by atoms with Crippen LogP contribution in [0.25, 0.3) is 0 Å². The van der Waals surface area contributed by atoms with Crippen LogP contribution in [0, 0.1) is 10.1 Å². The van der Waals surface area contributed by atoms with Crippen LogP contribution < -0.4 is 15.4 Å². The van der Waals surface area contributed by atoms with E-state index >= 15 is 0 Å². The van der Waals surface area contributed by atoms with Gasteiger partial charge in [0.1, 0.15) is 17.3 Å². The van der Waals surface area contributed by atoms with Crippen LogP contribution in [0.1, 0.15) is 36.3 Å². The molecule has 2 heterocycles. The number of furan rings is 1. The molecule has 1 aliphatic heterocycles. The van der Waals surface area contributed by atoms with E-state index in [1.54, 1.807) is 11.8 Å². The minimum Gasteiger partial charge on any atom is -0.494 e. The Bertz CT molecular complexity index is 959. The number of nitrogens with zero attached hydrogens (tertiary/aromatic N) is 3. The Morgan fingerprint density at radius 1 is 1.19 bits per heavy atom. The summed E-state index contributed by atoms with van der Waals surface area (Å²) in [7, 11) is 4.02. The van der Waals surface area contributed by atoms with Crippen molar-refractivity contribution in [3.05, 3.63) is 75.6 Å². The lowest BCUT2D eigenvalue weighted by Gasteiger charge is -2.15. The van der Waals surface area contributed by atoms with Crippen LogP contribution in [-0.2, 0) is 18.8 Å². The van der Waals surface area contributed by atoms with Gasteiger partial charge in [-0.2, -0.15) is 11.8 Å². The van der Waals surface area contributed by atoms with Crippen LogP contribution in [-0.4, -0.2) is 67.4 Å². The van der Waals surface area contributed by atoms with Gasteiger partial charge >= 0.3 is 0 Å². The molecule has 1 saturated heterocycles. The normalized spacial score (nSPS) is 14.4. The Morgan fingerprint density at radius 2 is 1.97 bits per heavy atom. The SMILES string of the molecule is CN(C)Cc1ccc(CSCCNC(=C[N+](=O)[O-])NCCCOc2cccc(CN3CCCC3)c2)o1. The number of ether oxygens (including phenoxy) is 1. The minimum absolute atomic E-state index is 0.416. The lowest BCUT2D eigenvalue weighted by Crippen LogP contribution is -2.30. The second-order valence-corrected chi connectivity index (χ2v) is 10.3. The molecule has 2 aromatic rings. The van der Waals surface area contributed by atoms with Crippen LogP contribution in [0.3, 0.4) is 0 Å². The summed E-state index contributed by atoms with van der Waals surface area (Å²) in [6.45, 7) is 5.83. The fraction of sp³-hybridized carbons (Fsp3) is 0.538. The average Bonchev–Trinajstić information content (AvgIpc) is 3.50.